The first-order chi connectivity index (χ1) is 8.29. The molecule has 0 fully saturated rings. The molecule has 18 heavy (non-hydrogen) atoms. The van der Waals surface area contributed by atoms with E-state index in [0.717, 1.165) is 0 Å². The molecule has 6 heteroatoms. The SMILES string of the molecule is CC(C)(C)OC(=O)NCC(=O)c1cccnc1N. The number of carbonyl (C=O) groups excluding carboxylic acids is 2. The Labute approximate surface area is 106 Å². The molecule has 1 rings (SSSR count). The Morgan fingerprint density at radius 1 is 1.44 bits per heavy atom. The van der Waals surface area contributed by atoms with Gasteiger partial charge < -0.3 is 15.8 Å². The summed E-state index contributed by atoms with van der Waals surface area (Å²) >= 11 is 0. The van der Waals surface area contributed by atoms with Gasteiger partial charge in [0.15, 0.2) is 5.78 Å². The number of nitrogens with one attached hydrogen (secondary N) is 1. The fourth-order valence-corrected chi connectivity index (χ4v) is 1.22. The van der Waals surface area contributed by atoms with Gasteiger partial charge in [-0.25, -0.2) is 9.78 Å². The fraction of sp³-hybridized carbons (Fsp3) is 0.417. The number of ether oxygens (including phenoxy) is 1. The van der Waals surface area contributed by atoms with Crippen molar-refractivity contribution in [3.63, 3.8) is 0 Å². The molecule has 0 saturated carbocycles. The van der Waals surface area contributed by atoms with Crippen LogP contribution in [0.3, 0.4) is 0 Å². The highest BCUT2D eigenvalue weighted by Gasteiger charge is 2.17. The number of Topliss-reactive ketones (excluding diaryl/α,β-unsaturated/α-hetero) is 1. The third kappa shape index (κ3) is 4.40. The summed E-state index contributed by atoms with van der Waals surface area (Å²) in [4.78, 5) is 26.9. The van der Waals surface area contributed by atoms with E-state index in [4.69, 9.17) is 10.5 Å². The summed E-state index contributed by atoms with van der Waals surface area (Å²) in [5.74, 6) is -0.167. The van der Waals surface area contributed by atoms with Crippen LogP contribution >= 0.6 is 0 Å². The number of anilines is 1. The number of nitrogen functional groups attached to an aromatic ring is 1. The van der Waals surface area contributed by atoms with Gasteiger partial charge in [0.2, 0.25) is 0 Å². The maximum Gasteiger partial charge on any atom is 0.408 e. The largest absolute Gasteiger partial charge is 0.444 e. The number of amides is 1. The maximum absolute atomic E-state index is 11.7. The van der Waals surface area contributed by atoms with E-state index in [9.17, 15) is 9.59 Å². The van der Waals surface area contributed by atoms with Crippen LogP contribution in [0.5, 0.6) is 0 Å². The quantitative estimate of drug-likeness (QED) is 0.791. The second kappa shape index (κ2) is 5.48. The van der Waals surface area contributed by atoms with Crippen LogP contribution in [0.2, 0.25) is 0 Å². The van der Waals surface area contributed by atoms with Crippen molar-refractivity contribution in [1.29, 1.82) is 0 Å². The van der Waals surface area contributed by atoms with Gasteiger partial charge in [-0.05, 0) is 32.9 Å². The van der Waals surface area contributed by atoms with Gasteiger partial charge in [-0.15, -0.1) is 0 Å². The zero-order valence-electron chi connectivity index (χ0n) is 10.7. The number of carbonyl (C=O) groups is 2. The topological polar surface area (TPSA) is 94.3 Å². The predicted octanol–water partition coefficient (Wildman–Crippen LogP) is 1.37. The Kier molecular flexibility index (Phi) is 4.25. The fourth-order valence-electron chi connectivity index (χ4n) is 1.22. The average molecular weight is 251 g/mol. The van der Waals surface area contributed by atoms with Gasteiger partial charge >= 0.3 is 6.09 Å². The van der Waals surface area contributed by atoms with E-state index in [1.54, 1.807) is 32.9 Å². The molecule has 0 unspecified atom stereocenters. The Bertz CT molecular complexity index is 452. The number of hydrogen-bond acceptors (Lipinski definition) is 5. The van der Waals surface area contributed by atoms with Gasteiger partial charge in [0.25, 0.3) is 0 Å². The van der Waals surface area contributed by atoms with Crippen molar-refractivity contribution in [3.05, 3.63) is 23.9 Å². The van der Waals surface area contributed by atoms with Crippen LogP contribution in [0.1, 0.15) is 31.1 Å². The van der Waals surface area contributed by atoms with Gasteiger partial charge in [-0.1, -0.05) is 0 Å². The van der Waals surface area contributed by atoms with Crippen LogP contribution in [0.4, 0.5) is 10.6 Å². The standard InChI is InChI=1S/C12H17N3O3/c1-12(2,3)18-11(17)15-7-9(16)8-5-4-6-14-10(8)13/h4-6H,7H2,1-3H3,(H2,13,14)(H,15,17). The summed E-state index contributed by atoms with van der Waals surface area (Å²) < 4.78 is 5.01. The van der Waals surface area contributed by atoms with Crippen molar-refractivity contribution >= 4 is 17.7 Å². The number of ketones is 1. The van der Waals surface area contributed by atoms with Gasteiger partial charge in [0, 0.05) is 6.20 Å². The second-order valence-corrected chi connectivity index (χ2v) is 4.71. The average Bonchev–Trinajstić information content (AvgIpc) is 2.24. The molecular formula is C12H17N3O3. The highest BCUT2D eigenvalue weighted by molar-refractivity contribution is 6.02. The minimum Gasteiger partial charge on any atom is -0.444 e. The zero-order valence-corrected chi connectivity index (χ0v) is 10.7. The van der Waals surface area contributed by atoms with Crippen molar-refractivity contribution in [2.75, 3.05) is 12.3 Å². The summed E-state index contributed by atoms with van der Waals surface area (Å²) in [6.07, 6.45) is 0.853. The summed E-state index contributed by atoms with van der Waals surface area (Å²) in [5.41, 5.74) is 5.24. The van der Waals surface area contributed by atoms with Crippen LogP contribution in [-0.2, 0) is 4.74 Å². The molecule has 1 heterocycles. The minimum atomic E-state index is -0.640. The first kappa shape index (κ1) is 14.0. The van der Waals surface area contributed by atoms with Crippen molar-refractivity contribution in [1.82, 2.24) is 10.3 Å². The first-order valence-electron chi connectivity index (χ1n) is 5.50. The number of alkyl carbamates (subject to hydrolysis) is 1. The van der Waals surface area contributed by atoms with Crippen LogP contribution in [0.15, 0.2) is 18.3 Å². The van der Waals surface area contributed by atoms with E-state index in [1.807, 2.05) is 0 Å². The molecule has 0 atom stereocenters. The van der Waals surface area contributed by atoms with Crippen LogP contribution in [0, 0.1) is 0 Å². The van der Waals surface area contributed by atoms with E-state index in [0.29, 0.717) is 0 Å². The van der Waals surface area contributed by atoms with Crippen molar-refractivity contribution < 1.29 is 14.3 Å². The number of nitrogens with zero attached hydrogens (tertiary/aromatic N) is 1. The molecule has 0 aliphatic heterocycles. The zero-order chi connectivity index (χ0) is 13.8. The molecule has 0 bridgehead atoms. The lowest BCUT2D eigenvalue weighted by Gasteiger charge is -2.19. The molecule has 1 aromatic rings. The summed E-state index contributed by atoms with van der Waals surface area (Å²) in [7, 11) is 0. The summed E-state index contributed by atoms with van der Waals surface area (Å²) in [6.45, 7) is 5.05. The number of pyridine rings is 1. The first-order valence-corrected chi connectivity index (χ1v) is 5.50. The van der Waals surface area contributed by atoms with Gasteiger partial charge in [0.1, 0.15) is 11.4 Å². The number of aromatic nitrogens is 1. The van der Waals surface area contributed by atoms with E-state index in [-0.39, 0.29) is 23.7 Å². The van der Waals surface area contributed by atoms with Crippen molar-refractivity contribution in [2.24, 2.45) is 0 Å². The Hall–Kier alpha value is -2.11. The lowest BCUT2D eigenvalue weighted by atomic mass is 10.1. The third-order valence-corrected chi connectivity index (χ3v) is 1.93. The summed E-state index contributed by atoms with van der Waals surface area (Å²) in [6, 6.07) is 3.17. The lowest BCUT2D eigenvalue weighted by Crippen LogP contribution is -2.35. The number of nitrogens with two attached hydrogens (primary N) is 1. The third-order valence-electron chi connectivity index (χ3n) is 1.93. The molecule has 0 radical (unpaired) electrons. The number of rotatable bonds is 3. The van der Waals surface area contributed by atoms with E-state index >= 15 is 0 Å². The Balaban J connectivity index is 2.52. The highest BCUT2D eigenvalue weighted by Crippen LogP contribution is 2.08. The molecule has 0 saturated heterocycles. The molecule has 0 aliphatic rings. The van der Waals surface area contributed by atoms with Crippen molar-refractivity contribution in [3.8, 4) is 0 Å². The van der Waals surface area contributed by atoms with Crippen molar-refractivity contribution in [2.45, 2.75) is 26.4 Å². The molecule has 0 aromatic carbocycles. The van der Waals surface area contributed by atoms with Gasteiger partial charge in [-0.2, -0.15) is 0 Å². The molecular weight excluding hydrogens is 234 g/mol. The molecule has 1 aromatic heterocycles. The monoisotopic (exact) mass is 251 g/mol. The molecule has 3 N–H and O–H groups in total. The van der Waals surface area contributed by atoms with Gasteiger partial charge in [-0.3, -0.25) is 4.79 Å². The number of hydrogen-bond donors (Lipinski definition) is 2. The molecule has 6 nitrogen and oxygen atoms in total. The molecule has 0 aliphatic carbocycles. The lowest BCUT2D eigenvalue weighted by molar-refractivity contribution is 0.0520. The van der Waals surface area contributed by atoms with Crippen LogP contribution < -0.4 is 11.1 Å². The van der Waals surface area contributed by atoms with E-state index < -0.39 is 11.7 Å². The summed E-state index contributed by atoms with van der Waals surface area (Å²) in [5, 5.41) is 2.37. The molecule has 0 spiro atoms. The normalized spacial score (nSPS) is 10.8. The Morgan fingerprint density at radius 3 is 2.67 bits per heavy atom. The highest BCUT2D eigenvalue weighted by atomic mass is 16.6. The van der Waals surface area contributed by atoms with E-state index in [1.165, 1.54) is 6.20 Å². The van der Waals surface area contributed by atoms with Crippen LogP contribution in [0.25, 0.3) is 0 Å². The van der Waals surface area contributed by atoms with Gasteiger partial charge in [0.05, 0.1) is 12.1 Å². The predicted molar refractivity (Wildman–Crippen MR) is 67.2 cm³/mol. The molecule has 1 amide bonds. The second-order valence-electron chi connectivity index (χ2n) is 4.71. The Morgan fingerprint density at radius 2 is 2.11 bits per heavy atom. The smallest absolute Gasteiger partial charge is 0.408 e. The van der Waals surface area contributed by atoms with E-state index in [2.05, 4.69) is 10.3 Å². The minimum absolute atomic E-state index is 0.147. The van der Waals surface area contributed by atoms with Crippen LogP contribution in [-0.4, -0.2) is 29.0 Å². The molecule has 98 valence electrons. The maximum atomic E-state index is 11.7.